The lowest BCUT2D eigenvalue weighted by molar-refractivity contribution is 0.0697. The number of hydrogen-bond acceptors (Lipinski definition) is 4. The van der Waals surface area contributed by atoms with E-state index in [2.05, 4.69) is 15.6 Å². The van der Waals surface area contributed by atoms with Gasteiger partial charge in [-0.05, 0) is 18.2 Å². The van der Waals surface area contributed by atoms with Crippen LogP contribution in [0.2, 0.25) is 0 Å². The number of thiazole rings is 1. The molecule has 19 heavy (non-hydrogen) atoms. The summed E-state index contributed by atoms with van der Waals surface area (Å²) in [6.45, 7) is 0.384. The summed E-state index contributed by atoms with van der Waals surface area (Å²) < 4.78 is 0. The number of amides is 2. The summed E-state index contributed by atoms with van der Waals surface area (Å²) in [5, 5.41) is 14.1. The zero-order valence-electron chi connectivity index (χ0n) is 9.79. The van der Waals surface area contributed by atoms with E-state index in [9.17, 15) is 9.59 Å². The second-order valence-corrected chi connectivity index (χ2v) is 4.63. The Morgan fingerprint density at radius 3 is 2.89 bits per heavy atom. The molecule has 0 fully saturated rings. The molecule has 3 N–H and O–H groups in total. The molecule has 6 nitrogen and oxygen atoms in total. The zero-order chi connectivity index (χ0) is 13.7. The van der Waals surface area contributed by atoms with Crippen molar-refractivity contribution in [2.45, 2.75) is 6.54 Å². The number of nitrogens with zero attached hydrogens (tertiary/aromatic N) is 1. The van der Waals surface area contributed by atoms with E-state index in [0.717, 1.165) is 4.88 Å². The number of hydrogen-bond donors (Lipinski definition) is 3. The first-order chi connectivity index (χ1) is 9.15. The van der Waals surface area contributed by atoms with Crippen molar-refractivity contribution in [1.29, 1.82) is 0 Å². The van der Waals surface area contributed by atoms with Gasteiger partial charge in [-0.15, -0.1) is 11.3 Å². The van der Waals surface area contributed by atoms with Gasteiger partial charge in [-0.2, -0.15) is 0 Å². The Morgan fingerprint density at radius 1 is 1.37 bits per heavy atom. The average Bonchev–Trinajstić information content (AvgIpc) is 2.90. The number of carbonyl (C=O) groups is 2. The van der Waals surface area contributed by atoms with Crippen LogP contribution in [0.5, 0.6) is 0 Å². The van der Waals surface area contributed by atoms with Crippen LogP contribution in [-0.2, 0) is 6.54 Å². The molecule has 98 valence electrons. The lowest BCUT2D eigenvalue weighted by Crippen LogP contribution is -2.27. The minimum atomic E-state index is -1.03. The summed E-state index contributed by atoms with van der Waals surface area (Å²) in [4.78, 5) is 27.2. The van der Waals surface area contributed by atoms with Gasteiger partial charge in [-0.1, -0.05) is 6.07 Å². The maximum atomic E-state index is 11.6. The number of aromatic nitrogens is 1. The van der Waals surface area contributed by atoms with Crippen LogP contribution in [0.4, 0.5) is 10.5 Å². The Balaban J connectivity index is 1.91. The van der Waals surface area contributed by atoms with Crippen molar-refractivity contribution < 1.29 is 14.7 Å². The Hall–Kier alpha value is -2.41. The number of nitrogens with one attached hydrogen (secondary N) is 2. The molecular formula is C12H11N3O3S. The van der Waals surface area contributed by atoms with Crippen LogP contribution in [0.25, 0.3) is 0 Å². The fourth-order valence-electron chi connectivity index (χ4n) is 1.40. The van der Waals surface area contributed by atoms with Gasteiger partial charge < -0.3 is 15.7 Å². The monoisotopic (exact) mass is 277 g/mol. The number of aromatic carboxylic acids is 1. The van der Waals surface area contributed by atoms with Gasteiger partial charge in [0.2, 0.25) is 0 Å². The molecule has 0 aliphatic heterocycles. The molecule has 2 aromatic rings. The molecular weight excluding hydrogens is 266 g/mol. The molecule has 1 heterocycles. The van der Waals surface area contributed by atoms with Crippen molar-refractivity contribution >= 4 is 29.0 Å². The number of urea groups is 1. The highest BCUT2D eigenvalue weighted by Crippen LogP contribution is 2.10. The Bertz CT molecular complexity index is 584. The molecule has 2 rings (SSSR count). The van der Waals surface area contributed by atoms with E-state index in [-0.39, 0.29) is 5.56 Å². The SMILES string of the molecule is O=C(NCc1cncs1)Nc1cccc(C(=O)O)c1. The molecule has 0 spiro atoms. The van der Waals surface area contributed by atoms with Crippen LogP contribution in [0.15, 0.2) is 36.0 Å². The van der Waals surface area contributed by atoms with Crippen molar-refractivity contribution in [3.05, 3.63) is 46.4 Å². The largest absolute Gasteiger partial charge is 0.478 e. The number of benzene rings is 1. The molecule has 0 radical (unpaired) electrons. The highest BCUT2D eigenvalue weighted by Gasteiger charge is 2.06. The summed E-state index contributed by atoms with van der Waals surface area (Å²) >= 11 is 1.45. The summed E-state index contributed by atoms with van der Waals surface area (Å²) in [5.74, 6) is -1.03. The predicted molar refractivity (Wildman–Crippen MR) is 71.4 cm³/mol. The third-order valence-corrected chi connectivity index (χ3v) is 3.05. The first kappa shape index (κ1) is 13.0. The molecule has 0 saturated carbocycles. The van der Waals surface area contributed by atoms with Crippen LogP contribution in [-0.4, -0.2) is 22.1 Å². The molecule has 0 aliphatic rings. The number of carbonyl (C=O) groups excluding carboxylic acids is 1. The number of anilines is 1. The predicted octanol–water partition coefficient (Wildman–Crippen LogP) is 2.16. The van der Waals surface area contributed by atoms with Gasteiger partial charge in [-0.3, -0.25) is 4.98 Å². The van der Waals surface area contributed by atoms with Crippen LogP contribution in [0.3, 0.4) is 0 Å². The Morgan fingerprint density at radius 2 is 2.21 bits per heavy atom. The maximum Gasteiger partial charge on any atom is 0.335 e. The van der Waals surface area contributed by atoms with Gasteiger partial charge >= 0.3 is 12.0 Å². The van der Waals surface area contributed by atoms with E-state index in [1.165, 1.54) is 23.5 Å². The number of carboxylic acids is 1. The minimum Gasteiger partial charge on any atom is -0.478 e. The van der Waals surface area contributed by atoms with E-state index in [1.54, 1.807) is 23.8 Å². The Kier molecular flexibility index (Phi) is 4.09. The molecule has 0 aliphatic carbocycles. The van der Waals surface area contributed by atoms with Crippen molar-refractivity contribution in [2.75, 3.05) is 5.32 Å². The molecule has 0 saturated heterocycles. The molecule has 0 atom stereocenters. The third-order valence-electron chi connectivity index (χ3n) is 2.27. The van der Waals surface area contributed by atoms with E-state index in [4.69, 9.17) is 5.11 Å². The molecule has 2 amide bonds. The fourth-order valence-corrected chi connectivity index (χ4v) is 1.94. The molecule has 0 unspecified atom stereocenters. The highest BCUT2D eigenvalue weighted by molar-refractivity contribution is 7.09. The van der Waals surface area contributed by atoms with Crippen LogP contribution in [0.1, 0.15) is 15.2 Å². The second kappa shape index (κ2) is 5.96. The van der Waals surface area contributed by atoms with Gasteiger partial charge in [0.05, 0.1) is 17.6 Å². The van der Waals surface area contributed by atoms with E-state index in [0.29, 0.717) is 12.2 Å². The van der Waals surface area contributed by atoms with Crippen molar-refractivity contribution in [1.82, 2.24) is 10.3 Å². The Labute approximate surface area is 113 Å². The summed E-state index contributed by atoms with van der Waals surface area (Å²) in [7, 11) is 0. The lowest BCUT2D eigenvalue weighted by Gasteiger charge is -2.07. The van der Waals surface area contributed by atoms with Gasteiger partial charge in [0.25, 0.3) is 0 Å². The van der Waals surface area contributed by atoms with E-state index >= 15 is 0 Å². The standard InChI is InChI=1S/C12H11N3O3S/c16-11(17)8-2-1-3-9(4-8)15-12(18)14-6-10-5-13-7-19-10/h1-5,7H,6H2,(H,16,17)(H2,14,15,18). The molecule has 1 aromatic carbocycles. The van der Waals surface area contributed by atoms with Crippen LogP contribution >= 0.6 is 11.3 Å². The first-order valence-electron chi connectivity index (χ1n) is 5.41. The molecule has 1 aromatic heterocycles. The fraction of sp³-hybridized carbons (Fsp3) is 0.0833. The zero-order valence-corrected chi connectivity index (χ0v) is 10.6. The van der Waals surface area contributed by atoms with E-state index < -0.39 is 12.0 Å². The van der Waals surface area contributed by atoms with Crippen LogP contribution in [0, 0.1) is 0 Å². The maximum absolute atomic E-state index is 11.6. The minimum absolute atomic E-state index is 0.125. The van der Waals surface area contributed by atoms with E-state index in [1.807, 2.05) is 0 Å². The van der Waals surface area contributed by atoms with Crippen molar-refractivity contribution in [3.63, 3.8) is 0 Å². The first-order valence-corrected chi connectivity index (χ1v) is 6.28. The van der Waals surface area contributed by atoms with Gasteiger partial charge in [-0.25, -0.2) is 9.59 Å². The topological polar surface area (TPSA) is 91.3 Å². The number of rotatable bonds is 4. The van der Waals surface area contributed by atoms with Crippen LogP contribution < -0.4 is 10.6 Å². The lowest BCUT2D eigenvalue weighted by atomic mass is 10.2. The average molecular weight is 277 g/mol. The van der Waals surface area contributed by atoms with Crippen molar-refractivity contribution in [2.24, 2.45) is 0 Å². The third kappa shape index (κ3) is 3.78. The smallest absolute Gasteiger partial charge is 0.335 e. The quantitative estimate of drug-likeness (QED) is 0.798. The number of carboxylic acid groups (broad SMARTS) is 1. The second-order valence-electron chi connectivity index (χ2n) is 3.66. The molecule has 0 bridgehead atoms. The normalized spacial score (nSPS) is 9.89. The molecule has 7 heteroatoms. The summed E-state index contributed by atoms with van der Waals surface area (Å²) in [6.07, 6.45) is 1.68. The highest BCUT2D eigenvalue weighted by atomic mass is 32.1. The van der Waals surface area contributed by atoms with Crippen molar-refractivity contribution in [3.8, 4) is 0 Å². The van der Waals surface area contributed by atoms with Gasteiger partial charge in [0.1, 0.15) is 0 Å². The van der Waals surface area contributed by atoms with Gasteiger partial charge in [0.15, 0.2) is 0 Å². The summed E-state index contributed by atoms with van der Waals surface area (Å²) in [6, 6.07) is 5.66. The van der Waals surface area contributed by atoms with Gasteiger partial charge in [0, 0.05) is 16.8 Å². The summed E-state index contributed by atoms with van der Waals surface area (Å²) in [5.41, 5.74) is 2.24.